The van der Waals surface area contributed by atoms with Gasteiger partial charge in [0.2, 0.25) is 0 Å². The number of carbonyl (C=O) groups excluding carboxylic acids is 1. The summed E-state index contributed by atoms with van der Waals surface area (Å²) in [7, 11) is 0. The van der Waals surface area contributed by atoms with E-state index in [-0.39, 0.29) is 0 Å². The summed E-state index contributed by atoms with van der Waals surface area (Å²) >= 11 is -2.09. The molecule has 1 unspecified atom stereocenters. The van der Waals surface area contributed by atoms with Gasteiger partial charge in [-0.2, -0.15) is 0 Å². The van der Waals surface area contributed by atoms with E-state index < -0.39 is 18.4 Å². The van der Waals surface area contributed by atoms with Gasteiger partial charge in [-0.3, -0.25) is 0 Å². The van der Waals surface area contributed by atoms with Crippen LogP contribution in [0.2, 0.25) is 18.8 Å². The van der Waals surface area contributed by atoms with Gasteiger partial charge in [0.1, 0.15) is 0 Å². The number of amides is 1. The number of hydrazine groups is 1. The Bertz CT molecular complexity index is 722. The fourth-order valence-corrected chi connectivity index (χ4v) is 14.1. The molecule has 0 aliphatic heterocycles. The Labute approximate surface area is 334 Å². The van der Waals surface area contributed by atoms with Gasteiger partial charge in [0.25, 0.3) is 0 Å². The second-order valence-electron chi connectivity index (χ2n) is 18.1. The van der Waals surface area contributed by atoms with Crippen molar-refractivity contribution in [2.75, 3.05) is 19.6 Å². The average molecular weight is 840 g/mol. The van der Waals surface area contributed by atoms with Gasteiger partial charge in [-0.05, 0) is 0 Å². The molecule has 312 valence electrons. The summed E-state index contributed by atoms with van der Waals surface area (Å²) < 4.78 is 0.925. The van der Waals surface area contributed by atoms with E-state index in [0.29, 0.717) is 12.3 Å². The molecule has 0 spiro atoms. The van der Waals surface area contributed by atoms with E-state index in [4.69, 9.17) is 0 Å². The van der Waals surface area contributed by atoms with Crippen molar-refractivity contribution in [3.05, 3.63) is 0 Å². The molecule has 1 atom stereocenters. The van der Waals surface area contributed by atoms with Gasteiger partial charge < -0.3 is 0 Å². The van der Waals surface area contributed by atoms with E-state index in [9.17, 15) is 4.79 Å². The first-order valence-electron chi connectivity index (χ1n) is 24.4. The third-order valence-electron chi connectivity index (χ3n) is 12.0. The Kier molecular flexibility index (Phi) is 39.6. The average Bonchev–Trinajstić information content (AvgIpc) is 3.13. The molecular formula is C48H100N2OSn. The fourth-order valence-electron chi connectivity index (χ4n) is 8.21. The quantitative estimate of drug-likeness (QED) is 0.0347. The van der Waals surface area contributed by atoms with Crippen LogP contribution in [0.1, 0.15) is 259 Å². The standard InChI is InChI=1S/C45H91N2O.3CH3.Sn/c1-5-9-12-15-18-20-22-24-26-28-30-32-34-36-39-42-46(47(45(48)8-4)44-41-38-17-14-11-7-3)43-40-37-35-33-31-29-27-25-23-21-19-16-13-10-6-2;;;;/h36H,5-35,37-44H2,1-4H3;3*1H3;. The van der Waals surface area contributed by atoms with Crippen LogP contribution >= 0.6 is 0 Å². The van der Waals surface area contributed by atoms with Crippen molar-refractivity contribution in [2.24, 2.45) is 0 Å². The summed E-state index contributed by atoms with van der Waals surface area (Å²) in [6.45, 7) is 12.1. The fraction of sp³-hybridized carbons (Fsp3) is 0.979. The number of nitrogens with zero attached hydrogens (tertiary/aromatic N) is 2. The molecule has 0 fully saturated rings. The summed E-state index contributed by atoms with van der Waals surface area (Å²) in [6, 6.07) is 0. The minimum atomic E-state index is -2.09. The first-order valence-corrected chi connectivity index (χ1v) is 34.6. The zero-order chi connectivity index (χ0) is 38.4. The molecule has 0 aliphatic rings. The number of hydrogen-bond acceptors (Lipinski definition) is 2. The van der Waals surface area contributed by atoms with Gasteiger partial charge in [-0.1, -0.05) is 85.0 Å². The molecule has 52 heavy (non-hydrogen) atoms. The molecule has 0 aliphatic carbocycles. The molecule has 0 aromatic rings. The van der Waals surface area contributed by atoms with Gasteiger partial charge in [0, 0.05) is 0 Å². The third kappa shape index (κ3) is 33.6. The van der Waals surface area contributed by atoms with Crippen molar-refractivity contribution in [3.63, 3.8) is 0 Å². The molecule has 1 amide bonds. The molecule has 0 heterocycles. The Balaban J connectivity index is 4.79. The molecule has 0 saturated carbocycles. The molecule has 0 bridgehead atoms. The van der Waals surface area contributed by atoms with Crippen LogP contribution in [0.5, 0.6) is 0 Å². The second kappa shape index (κ2) is 39.5. The number of rotatable bonds is 42. The van der Waals surface area contributed by atoms with Crippen LogP contribution in [0.15, 0.2) is 0 Å². The van der Waals surface area contributed by atoms with Crippen molar-refractivity contribution in [1.29, 1.82) is 0 Å². The Morgan fingerprint density at radius 2 is 0.692 bits per heavy atom. The first kappa shape index (κ1) is 52.2. The summed E-state index contributed by atoms with van der Waals surface area (Å²) in [5.41, 5.74) is 0. The zero-order valence-electron chi connectivity index (χ0n) is 37.5. The Hall–Kier alpha value is 0.229. The predicted octanol–water partition coefficient (Wildman–Crippen LogP) is 16.9. The molecule has 3 nitrogen and oxygen atoms in total. The van der Waals surface area contributed by atoms with Crippen molar-refractivity contribution in [3.8, 4) is 0 Å². The summed E-state index contributed by atoms with van der Waals surface area (Å²) in [4.78, 5) is 21.4. The van der Waals surface area contributed by atoms with Crippen LogP contribution in [0, 0.1) is 0 Å². The van der Waals surface area contributed by atoms with E-state index in [1.54, 1.807) is 0 Å². The normalized spacial score (nSPS) is 12.6. The van der Waals surface area contributed by atoms with Crippen LogP contribution in [0.3, 0.4) is 0 Å². The SMILES string of the molecule is CCCCCCCCCCCCCCCCCN(CC[CH](CCCCCCCCCCCCCC)[Sn]([CH3])([CH3])[CH3])N(CCCCCCCC)C(=O)CC. The van der Waals surface area contributed by atoms with Crippen LogP contribution in [0.4, 0.5) is 0 Å². The van der Waals surface area contributed by atoms with Crippen molar-refractivity contribution >= 4 is 24.3 Å². The number of unbranched alkanes of at least 4 members (excludes halogenated alkanes) is 30. The number of hydrogen-bond donors (Lipinski definition) is 0. The summed E-state index contributed by atoms with van der Waals surface area (Å²) in [5, 5.41) is 4.80. The van der Waals surface area contributed by atoms with E-state index in [1.165, 1.54) is 218 Å². The molecule has 0 aromatic carbocycles. The van der Waals surface area contributed by atoms with E-state index >= 15 is 0 Å². The van der Waals surface area contributed by atoms with E-state index in [0.717, 1.165) is 30.0 Å². The van der Waals surface area contributed by atoms with E-state index in [1.807, 2.05) is 0 Å². The van der Waals surface area contributed by atoms with Gasteiger partial charge in [0.05, 0.1) is 0 Å². The summed E-state index contributed by atoms with van der Waals surface area (Å²) in [5.74, 6) is 0.353. The molecule has 4 heteroatoms. The molecule has 0 N–H and O–H groups in total. The molecule has 0 rings (SSSR count). The van der Waals surface area contributed by atoms with Crippen LogP contribution in [-0.2, 0) is 4.79 Å². The molecule has 0 saturated heterocycles. The maximum absolute atomic E-state index is 13.4. The van der Waals surface area contributed by atoms with Crippen LogP contribution < -0.4 is 0 Å². The topological polar surface area (TPSA) is 23.6 Å². The maximum atomic E-state index is 13.4. The van der Waals surface area contributed by atoms with Gasteiger partial charge >= 0.3 is 251 Å². The van der Waals surface area contributed by atoms with Crippen molar-refractivity contribution in [2.45, 2.75) is 278 Å². The third-order valence-corrected chi connectivity index (χ3v) is 20.7. The van der Waals surface area contributed by atoms with Gasteiger partial charge in [-0.15, -0.1) is 0 Å². The molecule has 0 aromatic heterocycles. The van der Waals surface area contributed by atoms with Gasteiger partial charge in [-0.25, -0.2) is 0 Å². The first-order chi connectivity index (χ1) is 25.3. The molecular weight excluding hydrogens is 739 g/mol. The zero-order valence-corrected chi connectivity index (χ0v) is 40.3. The Morgan fingerprint density at radius 1 is 0.385 bits per heavy atom. The van der Waals surface area contributed by atoms with E-state index in [2.05, 4.69) is 52.5 Å². The van der Waals surface area contributed by atoms with Gasteiger partial charge in [0.15, 0.2) is 0 Å². The second-order valence-corrected chi connectivity index (χ2v) is 33.9. The minimum absolute atomic E-state index is 0.353. The van der Waals surface area contributed by atoms with Crippen molar-refractivity contribution in [1.82, 2.24) is 10.0 Å². The predicted molar refractivity (Wildman–Crippen MR) is 239 cm³/mol. The monoisotopic (exact) mass is 841 g/mol. The Morgan fingerprint density at radius 3 is 1.02 bits per heavy atom. The van der Waals surface area contributed by atoms with Crippen molar-refractivity contribution < 1.29 is 4.79 Å². The summed E-state index contributed by atoms with van der Waals surface area (Å²) in [6.07, 6.45) is 49.4. The van der Waals surface area contributed by atoms with Crippen LogP contribution in [-0.4, -0.2) is 53.9 Å². The molecule has 0 radical (unpaired) electrons. The van der Waals surface area contributed by atoms with Crippen LogP contribution in [0.25, 0.3) is 0 Å². The number of carbonyl (C=O) groups is 1.